The van der Waals surface area contributed by atoms with Gasteiger partial charge in [0.2, 0.25) is 0 Å². The van der Waals surface area contributed by atoms with Crippen LogP contribution in [0.15, 0.2) is 42.7 Å². The zero-order chi connectivity index (χ0) is 24.8. The smallest absolute Gasteiger partial charge is 0.146 e. The first-order chi connectivity index (χ1) is 16.9. The summed E-state index contributed by atoms with van der Waals surface area (Å²) in [5.74, 6) is 1.66. The van der Waals surface area contributed by atoms with E-state index in [0.29, 0.717) is 46.8 Å². The number of nitrogens with two attached hydrogens (primary N) is 1. The van der Waals surface area contributed by atoms with Gasteiger partial charge < -0.3 is 30.7 Å². The van der Waals surface area contributed by atoms with Gasteiger partial charge in [-0.15, -0.1) is 0 Å². The number of piperazine rings is 1. The zero-order valence-electron chi connectivity index (χ0n) is 19.7. The van der Waals surface area contributed by atoms with E-state index < -0.39 is 5.82 Å². The van der Waals surface area contributed by atoms with E-state index in [1.54, 1.807) is 31.4 Å². The third-order valence-electron chi connectivity index (χ3n) is 5.71. The number of nitrogen functional groups attached to an aromatic ring is 1. The highest BCUT2D eigenvalue weighted by molar-refractivity contribution is 6.31. The first-order valence-electron chi connectivity index (χ1n) is 11.2. The lowest BCUT2D eigenvalue weighted by atomic mass is 10.2. The average molecular weight is 502 g/mol. The Hall–Kier alpha value is -3.34. The SMILES string of the molecule is COc1cc(OCCN2CCN(C)CC2)c(N)cc1Nc1cc(Nc2ccc(F)c(Cl)c2)ncn1. The van der Waals surface area contributed by atoms with Crippen LogP contribution < -0.4 is 25.8 Å². The van der Waals surface area contributed by atoms with Gasteiger partial charge in [-0.25, -0.2) is 14.4 Å². The molecule has 0 radical (unpaired) electrons. The molecule has 1 aliphatic heterocycles. The molecule has 4 rings (SSSR count). The topological polar surface area (TPSA) is 101 Å². The van der Waals surface area contributed by atoms with Gasteiger partial charge in [0.25, 0.3) is 0 Å². The molecule has 1 fully saturated rings. The summed E-state index contributed by atoms with van der Waals surface area (Å²) in [4.78, 5) is 13.2. The molecule has 4 N–H and O–H groups in total. The number of aromatic nitrogens is 2. The van der Waals surface area contributed by atoms with Crippen LogP contribution in [0.5, 0.6) is 11.5 Å². The molecule has 9 nitrogen and oxygen atoms in total. The molecule has 0 spiro atoms. The van der Waals surface area contributed by atoms with Gasteiger partial charge in [0, 0.05) is 50.5 Å². The Kier molecular flexibility index (Phi) is 8.06. The fourth-order valence-electron chi connectivity index (χ4n) is 3.68. The van der Waals surface area contributed by atoms with Crippen molar-refractivity contribution in [1.29, 1.82) is 0 Å². The van der Waals surface area contributed by atoms with Crippen LogP contribution in [0.25, 0.3) is 0 Å². The third-order valence-corrected chi connectivity index (χ3v) is 6.00. The Bertz CT molecular complexity index is 1160. The Morgan fingerprint density at radius 1 is 1.03 bits per heavy atom. The van der Waals surface area contributed by atoms with Crippen molar-refractivity contribution in [2.24, 2.45) is 0 Å². The van der Waals surface area contributed by atoms with Crippen molar-refractivity contribution in [3.8, 4) is 11.5 Å². The summed E-state index contributed by atoms with van der Waals surface area (Å²) in [5.41, 5.74) is 7.98. The van der Waals surface area contributed by atoms with E-state index in [0.717, 1.165) is 32.7 Å². The first kappa shape index (κ1) is 24.8. The Morgan fingerprint density at radius 2 is 1.77 bits per heavy atom. The molecular formula is C24H29ClFN7O2. The van der Waals surface area contributed by atoms with Crippen LogP contribution in [0.4, 0.5) is 33.1 Å². The highest BCUT2D eigenvalue weighted by Gasteiger charge is 2.15. The molecular weight excluding hydrogens is 473 g/mol. The molecule has 186 valence electrons. The maximum absolute atomic E-state index is 13.4. The number of methoxy groups -OCH3 is 1. The zero-order valence-corrected chi connectivity index (χ0v) is 20.5. The van der Waals surface area contributed by atoms with Crippen LogP contribution in [-0.2, 0) is 0 Å². The fraction of sp³-hybridized carbons (Fsp3) is 0.333. The lowest BCUT2D eigenvalue weighted by Gasteiger charge is -2.32. The Balaban J connectivity index is 1.41. The van der Waals surface area contributed by atoms with Crippen molar-refractivity contribution in [2.75, 3.05) is 69.9 Å². The second-order valence-corrected chi connectivity index (χ2v) is 8.66. The number of nitrogens with zero attached hydrogens (tertiary/aromatic N) is 4. The average Bonchev–Trinajstić information content (AvgIpc) is 2.84. The van der Waals surface area contributed by atoms with Crippen LogP contribution in [-0.4, -0.2) is 73.3 Å². The van der Waals surface area contributed by atoms with Crippen LogP contribution >= 0.6 is 11.6 Å². The molecule has 1 aromatic heterocycles. The van der Waals surface area contributed by atoms with Gasteiger partial charge >= 0.3 is 0 Å². The normalized spacial score (nSPS) is 14.5. The standard InChI is InChI=1S/C24H29ClFN7O2/c1-32-5-7-33(8-6-32)9-10-35-21-13-22(34-2)20(12-19(21)27)31-24-14-23(28-15-29-24)30-16-3-4-18(26)17(25)11-16/h3-4,11-15H,5-10,27H2,1-2H3,(H2,28,29,30,31). The van der Waals surface area contributed by atoms with Crippen molar-refractivity contribution in [1.82, 2.24) is 19.8 Å². The van der Waals surface area contributed by atoms with E-state index in [2.05, 4.69) is 37.4 Å². The number of halogens is 2. The molecule has 0 amide bonds. The van der Waals surface area contributed by atoms with Gasteiger partial charge in [0.1, 0.15) is 41.9 Å². The molecule has 35 heavy (non-hydrogen) atoms. The number of anilines is 5. The molecule has 2 aromatic carbocycles. The minimum absolute atomic E-state index is 0.0217. The summed E-state index contributed by atoms with van der Waals surface area (Å²) in [7, 11) is 3.72. The molecule has 1 saturated heterocycles. The van der Waals surface area contributed by atoms with Crippen LogP contribution in [0.3, 0.4) is 0 Å². The molecule has 0 bridgehead atoms. The van der Waals surface area contributed by atoms with Crippen molar-refractivity contribution < 1.29 is 13.9 Å². The summed E-state index contributed by atoms with van der Waals surface area (Å²) in [5, 5.41) is 6.30. The third kappa shape index (κ3) is 6.62. The predicted molar refractivity (Wildman–Crippen MR) is 137 cm³/mol. The number of ether oxygens (including phenoxy) is 2. The van der Waals surface area contributed by atoms with E-state index in [-0.39, 0.29) is 5.02 Å². The van der Waals surface area contributed by atoms with E-state index in [1.807, 2.05) is 0 Å². The maximum Gasteiger partial charge on any atom is 0.146 e. The minimum Gasteiger partial charge on any atom is -0.494 e. The van der Waals surface area contributed by atoms with Gasteiger partial charge in [0.05, 0.1) is 23.5 Å². The number of nitrogens with one attached hydrogen (secondary N) is 2. The van der Waals surface area contributed by atoms with Crippen molar-refractivity contribution in [2.45, 2.75) is 0 Å². The lowest BCUT2D eigenvalue weighted by molar-refractivity contribution is 0.134. The molecule has 3 aromatic rings. The van der Waals surface area contributed by atoms with Crippen molar-refractivity contribution in [3.05, 3.63) is 53.6 Å². The van der Waals surface area contributed by atoms with E-state index >= 15 is 0 Å². The lowest BCUT2D eigenvalue weighted by Crippen LogP contribution is -2.45. The number of benzene rings is 2. The molecule has 11 heteroatoms. The minimum atomic E-state index is -0.487. The summed E-state index contributed by atoms with van der Waals surface area (Å²) < 4.78 is 24.9. The second kappa shape index (κ2) is 11.4. The molecule has 0 unspecified atom stereocenters. The van der Waals surface area contributed by atoms with E-state index in [9.17, 15) is 4.39 Å². The largest absolute Gasteiger partial charge is 0.494 e. The highest BCUT2D eigenvalue weighted by Crippen LogP contribution is 2.36. The monoisotopic (exact) mass is 501 g/mol. The Morgan fingerprint density at radius 3 is 2.49 bits per heavy atom. The van der Waals surface area contributed by atoms with Gasteiger partial charge in [0.15, 0.2) is 0 Å². The van der Waals surface area contributed by atoms with Gasteiger partial charge in [-0.05, 0) is 31.3 Å². The molecule has 0 aliphatic carbocycles. The van der Waals surface area contributed by atoms with Crippen molar-refractivity contribution >= 4 is 40.3 Å². The number of hydrogen-bond donors (Lipinski definition) is 3. The quantitative estimate of drug-likeness (QED) is 0.376. The molecule has 2 heterocycles. The van der Waals surface area contributed by atoms with Gasteiger partial charge in [-0.1, -0.05) is 11.6 Å². The number of likely N-dealkylation sites (N-methyl/N-ethyl adjacent to an activating group) is 1. The number of rotatable bonds is 9. The van der Waals surface area contributed by atoms with Gasteiger partial charge in [-0.3, -0.25) is 4.90 Å². The fourth-order valence-corrected chi connectivity index (χ4v) is 3.86. The summed E-state index contributed by atoms with van der Waals surface area (Å²) >= 11 is 5.86. The maximum atomic E-state index is 13.4. The summed E-state index contributed by atoms with van der Waals surface area (Å²) in [6.07, 6.45) is 1.40. The van der Waals surface area contributed by atoms with Gasteiger partial charge in [-0.2, -0.15) is 0 Å². The molecule has 1 aliphatic rings. The molecule has 0 saturated carbocycles. The molecule has 0 atom stereocenters. The van der Waals surface area contributed by atoms with Crippen LogP contribution in [0.2, 0.25) is 5.02 Å². The first-order valence-corrected chi connectivity index (χ1v) is 11.6. The number of hydrogen-bond acceptors (Lipinski definition) is 9. The van der Waals surface area contributed by atoms with E-state index in [4.69, 9.17) is 26.8 Å². The van der Waals surface area contributed by atoms with E-state index in [1.165, 1.54) is 18.5 Å². The highest BCUT2D eigenvalue weighted by atomic mass is 35.5. The van der Waals surface area contributed by atoms with Crippen LogP contribution in [0, 0.1) is 5.82 Å². The summed E-state index contributed by atoms with van der Waals surface area (Å²) in [6, 6.07) is 9.56. The second-order valence-electron chi connectivity index (χ2n) is 8.25. The predicted octanol–water partition coefficient (Wildman–Crippen LogP) is 3.97. The van der Waals surface area contributed by atoms with Crippen molar-refractivity contribution in [3.63, 3.8) is 0 Å². The van der Waals surface area contributed by atoms with Crippen LogP contribution in [0.1, 0.15) is 0 Å². The summed E-state index contributed by atoms with van der Waals surface area (Å²) in [6.45, 7) is 5.57. The Labute approximate surface area is 209 Å².